The summed E-state index contributed by atoms with van der Waals surface area (Å²) < 4.78 is 27.9. The summed E-state index contributed by atoms with van der Waals surface area (Å²) in [6.45, 7) is 9.69. The van der Waals surface area contributed by atoms with Gasteiger partial charge in [0.15, 0.2) is 0 Å². The molecule has 128 valence electrons. The Labute approximate surface area is 138 Å². The normalized spacial score (nSPS) is 14.8. The number of amides is 1. The smallest absolute Gasteiger partial charge is 0.241 e. The number of benzene rings is 1. The van der Waals surface area contributed by atoms with E-state index in [1.165, 1.54) is 0 Å². The van der Waals surface area contributed by atoms with Crippen molar-refractivity contribution < 1.29 is 13.2 Å². The molecule has 1 aliphatic carbocycles. The van der Waals surface area contributed by atoms with E-state index in [0.717, 1.165) is 40.7 Å². The fourth-order valence-electron chi connectivity index (χ4n) is 2.77. The Morgan fingerprint density at radius 3 is 1.91 bits per heavy atom. The van der Waals surface area contributed by atoms with E-state index in [0.29, 0.717) is 10.9 Å². The number of carbonyl (C=O) groups excluding carboxylic acids is 1. The fraction of sp³-hybridized carbons (Fsp3) is 0.588. The molecule has 0 spiro atoms. The zero-order valence-corrected chi connectivity index (χ0v) is 15.4. The summed E-state index contributed by atoms with van der Waals surface area (Å²) in [5, 5.41) is 2.85. The molecule has 0 aromatic heterocycles. The van der Waals surface area contributed by atoms with Gasteiger partial charge in [-0.05, 0) is 75.3 Å². The Hall–Kier alpha value is -1.40. The van der Waals surface area contributed by atoms with E-state index in [2.05, 4.69) is 10.0 Å². The fourth-order valence-corrected chi connectivity index (χ4v) is 4.39. The number of rotatable bonds is 6. The average molecular weight is 338 g/mol. The van der Waals surface area contributed by atoms with Crippen LogP contribution in [0.2, 0.25) is 0 Å². The van der Waals surface area contributed by atoms with Crippen LogP contribution < -0.4 is 10.0 Å². The predicted octanol–water partition coefficient (Wildman–Crippen LogP) is 2.18. The van der Waals surface area contributed by atoms with Crippen LogP contribution in [-0.4, -0.2) is 26.9 Å². The zero-order chi connectivity index (χ0) is 17.4. The molecule has 1 aromatic rings. The number of sulfonamides is 1. The van der Waals surface area contributed by atoms with Crippen LogP contribution in [0.25, 0.3) is 0 Å². The van der Waals surface area contributed by atoms with Gasteiger partial charge in [0.25, 0.3) is 0 Å². The SMILES string of the molecule is Cc1c(C)c(C)c(S(=O)(=O)NCCC(=O)NC2CC2)c(C)c1C. The Morgan fingerprint density at radius 1 is 0.957 bits per heavy atom. The van der Waals surface area contributed by atoms with Crippen LogP contribution >= 0.6 is 0 Å². The Kier molecular flexibility index (Phi) is 5.16. The van der Waals surface area contributed by atoms with E-state index in [4.69, 9.17) is 0 Å². The van der Waals surface area contributed by atoms with Gasteiger partial charge < -0.3 is 5.32 Å². The molecule has 23 heavy (non-hydrogen) atoms. The molecule has 2 rings (SSSR count). The molecule has 1 saturated carbocycles. The molecule has 0 saturated heterocycles. The summed E-state index contributed by atoms with van der Waals surface area (Å²) in [5.74, 6) is -0.0973. The molecule has 2 N–H and O–H groups in total. The molecule has 1 aromatic carbocycles. The van der Waals surface area contributed by atoms with E-state index in [1.54, 1.807) is 0 Å². The van der Waals surface area contributed by atoms with E-state index < -0.39 is 10.0 Å². The minimum absolute atomic E-state index is 0.0973. The molecule has 0 unspecified atom stereocenters. The van der Waals surface area contributed by atoms with Crippen LogP contribution in [0, 0.1) is 34.6 Å². The average Bonchev–Trinajstić information content (AvgIpc) is 3.26. The minimum atomic E-state index is -3.62. The summed E-state index contributed by atoms with van der Waals surface area (Å²) in [4.78, 5) is 12.0. The highest BCUT2D eigenvalue weighted by molar-refractivity contribution is 7.89. The van der Waals surface area contributed by atoms with E-state index in [-0.39, 0.29) is 18.9 Å². The van der Waals surface area contributed by atoms with Crippen LogP contribution in [0.5, 0.6) is 0 Å². The summed E-state index contributed by atoms with van der Waals surface area (Å²) in [5.41, 5.74) is 4.68. The Bertz CT molecular complexity index is 706. The van der Waals surface area contributed by atoms with Crippen LogP contribution in [0.4, 0.5) is 0 Å². The molecule has 0 atom stereocenters. The van der Waals surface area contributed by atoms with Crippen LogP contribution in [-0.2, 0) is 14.8 Å². The third kappa shape index (κ3) is 3.93. The van der Waals surface area contributed by atoms with E-state index in [9.17, 15) is 13.2 Å². The number of hydrogen-bond acceptors (Lipinski definition) is 3. The Balaban J connectivity index is 2.14. The molecule has 1 fully saturated rings. The highest BCUT2D eigenvalue weighted by Crippen LogP contribution is 2.29. The van der Waals surface area contributed by atoms with Crippen molar-refractivity contribution in [3.05, 3.63) is 27.8 Å². The van der Waals surface area contributed by atoms with Crippen LogP contribution in [0.1, 0.15) is 47.1 Å². The molecule has 1 aliphatic rings. The number of hydrogen-bond donors (Lipinski definition) is 2. The molecule has 0 bridgehead atoms. The van der Waals surface area contributed by atoms with Crippen molar-refractivity contribution in [2.24, 2.45) is 0 Å². The first kappa shape index (κ1) is 17.9. The van der Waals surface area contributed by atoms with Crippen LogP contribution in [0.3, 0.4) is 0 Å². The van der Waals surface area contributed by atoms with Gasteiger partial charge in [0.1, 0.15) is 0 Å². The maximum atomic E-state index is 12.7. The van der Waals surface area contributed by atoms with Gasteiger partial charge in [-0.25, -0.2) is 13.1 Å². The van der Waals surface area contributed by atoms with Crippen molar-refractivity contribution >= 4 is 15.9 Å². The van der Waals surface area contributed by atoms with Gasteiger partial charge in [-0.15, -0.1) is 0 Å². The molecule has 0 aliphatic heterocycles. The lowest BCUT2D eigenvalue weighted by Crippen LogP contribution is -2.32. The van der Waals surface area contributed by atoms with Crippen molar-refractivity contribution in [2.75, 3.05) is 6.54 Å². The summed E-state index contributed by atoms with van der Waals surface area (Å²) in [6.07, 6.45) is 2.22. The second-order valence-electron chi connectivity index (χ2n) is 6.44. The van der Waals surface area contributed by atoms with E-state index in [1.807, 2.05) is 34.6 Å². The first-order valence-electron chi connectivity index (χ1n) is 8.01. The lowest BCUT2D eigenvalue weighted by atomic mass is 9.95. The van der Waals surface area contributed by atoms with Crippen molar-refractivity contribution in [1.82, 2.24) is 10.0 Å². The first-order chi connectivity index (χ1) is 10.6. The summed E-state index contributed by atoms with van der Waals surface area (Å²) in [6, 6.07) is 0.297. The second-order valence-corrected chi connectivity index (χ2v) is 8.15. The highest BCUT2D eigenvalue weighted by Gasteiger charge is 2.25. The molecule has 0 radical (unpaired) electrons. The molecular weight excluding hydrogens is 312 g/mol. The van der Waals surface area contributed by atoms with E-state index >= 15 is 0 Å². The summed E-state index contributed by atoms with van der Waals surface area (Å²) in [7, 11) is -3.62. The van der Waals surface area contributed by atoms with Gasteiger partial charge in [0, 0.05) is 19.0 Å². The zero-order valence-electron chi connectivity index (χ0n) is 14.5. The highest BCUT2D eigenvalue weighted by atomic mass is 32.2. The predicted molar refractivity (Wildman–Crippen MR) is 91.1 cm³/mol. The standard InChI is InChI=1S/C17H26N2O3S/c1-10-11(2)13(4)17(14(5)12(10)3)23(21,22)18-9-8-16(20)19-15-6-7-15/h15,18H,6-9H2,1-5H3,(H,19,20). The second kappa shape index (κ2) is 6.61. The van der Waals surface area contributed by atoms with Crippen molar-refractivity contribution in [1.29, 1.82) is 0 Å². The summed E-state index contributed by atoms with van der Waals surface area (Å²) >= 11 is 0. The molecule has 5 nitrogen and oxygen atoms in total. The maximum Gasteiger partial charge on any atom is 0.241 e. The molecule has 0 heterocycles. The molecular formula is C17H26N2O3S. The van der Waals surface area contributed by atoms with Gasteiger partial charge in [0.05, 0.1) is 4.90 Å². The quantitative estimate of drug-likeness (QED) is 0.835. The largest absolute Gasteiger partial charge is 0.353 e. The minimum Gasteiger partial charge on any atom is -0.353 e. The van der Waals surface area contributed by atoms with Gasteiger partial charge in [-0.1, -0.05) is 0 Å². The van der Waals surface area contributed by atoms with Crippen LogP contribution in [0.15, 0.2) is 4.90 Å². The maximum absolute atomic E-state index is 12.7. The number of carbonyl (C=O) groups is 1. The van der Waals surface area contributed by atoms with Gasteiger partial charge >= 0.3 is 0 Å². The first-order valence-corrected chi connectivity index (χ1v) is 9.49. The van der Waals surface area contributed by atoms with Crippen molar-refractivity contribution in [3.8, 4) is 0 Å². The molecule has 6 heteroatoms. The number of nitrogens with one attached hydrogen (secondary N) is 2. The van der Waals surface area contributed by atoms with Crippen molar-refractivity contribution in [2.45, 2.75) is 64.8 Å². The van der Waals surface area contributed by atoms with Crippen molar-refractivity contribution in [3.63, 3.8) is 0 Å². The lowest BCUT2D eigenvalue weighted by Gasteiger charge is -2.19. The monoisotopic (exact) mass is 338 g/mol. The van der Waals surface area contributed by atoms with Gasteiger partial charge in [0.2, 0.25) is 15.9 Å². The molecule has 1 amide bonds. The third-order valence-electron chi connectivity index (χ3n) is 4.79. The third-order valence-corrected chi connectivity index (χ3v) is 6.52. The van der Waals surface area contributed by atoms with Gasteiger partial charge in [-0.2, -0.15) is 0 Å². The lowest BCUT2D eigenvalue weighted by molar-refractivity contribution is -0.121. The van der Waals surface area contributed by atoms with Gasteiger partial charge in [-0.3, -0.25) is 4.79 Å². The topological polar surface area (TPSA) is 75.3 Å². The Morgan fingerprint density at radius 2 is 1.43 bits per heavy atom.